The van der Waals surface area contributed by atoms with E-state index in [1.54, 1.807) is 14.2 Å². The Bertz CT molecular complexity index is 1700. The summed E-state index contributed by atoms with van der Waals surface area (Å²) in [6.07, 6.45) is -1.59. The highest BCUT2D eigenvalue weighted by Crippen LogP contribution is 2.45. The van der Waals surface area contributed by atoms with Gasteiger partial charge in [0.05, 0.1) is 35.2 Å². The maximum atomic E-state index is 13.3. The molecule has 0 unspecified atom stereocenters. The van der Waals surface area contributed by atoms with Gasteiger partial charge in [-0.3, -0.25) is 14.3 Å². The predicted octanol–water partition coefficient (Wildman–Crippen LogP) is 4.18. The summed E-state index contributed by atoms with van der Waals surface area (Å²) >= 11 is 0. The molecule has 4 atom stereocenters. The number of nitrogens with one attached hydrogen (secondary N) is 1. The van der Waals surface area contributed by atoms with Crippen molar-refractivity contribution >= 4 is 8.80 Å². The van der Waals surface area contributed by atoms with E-state index in [2.05, 4.69) is 4.98 Å². The molecule has 11 heteroatoms. The van der Waals surface area contributed by atoms with Crippen molar-refractivity contribution in [2.45, 2.75) is 68.7 Å². The van der Waals surface area contributed by atoms with Crippen LogP contribution in [0.2, 0.25) is 13.1 Å². The predicted molar refractivity (Wildman–Crippen MR) is 182 cm³/mol. The van der Waals surface area contributed by atoms with Gasteiger partial charge in [0.25, 0.3) is 5.56 Å². The molecule has 1 aliphatic rings. The summed E-state index contributed by atoms with van der Waals surface area (Å²) in [7, 11) is 1.17. The van der Waals surface area contributed by atoms with Crippen LogP contribution in [0.3, 0.4) is 0 Å². The molecule has 10 nitrogen and oxygen atoms in total. The minimum atomic E-state index is -2.07. The second-order valence-corrected chi connectivity index (χ2v) is 16.1. The van der Waals surface area contributed by atoms with E-state index in [4.69, 9.17) is 23.7 Å². The number of hydrogen-bond acceptors (Lipinski definition) is 8. The monoisotopic (exact) mass is 660 g/mol. The van der Waals surface area contributed by atoms with Crippen molar-refractivity contribution in [3.8, 4) is 11.5 Å². The fourth-order valence-electron chi connectivity index (χ4n) is 6.40. The van der Waals surface area contributed by atoms with Crippen LogP contribution in [0, 0.1) is 0 Å². The lowest BCUT2D eigenvalue weighted by atomic mass is 9.80. The second kappa shape index (κ2) is 13.6. The highest BCUT2D eigenvalue weighted by Gasteiger charge is 2.60. The number of ether oxygens (including phenoxy) is 5. The fraction of sp³-hybridized carbons (Fsp3) is 0.389. The topological polar surface area (TPSA) is 121 Å². The van der Waals surface area contributed by atoms with E-state index >= 15 is 0 Å². The van der Waals surface area contributed by atoms with Gasteiger partial charge in [-0.1, -0.05) is 67.7 Å². The van der Waals surface area contributed by atoms with Crippen LogP contribution >= 0.6 is 0 Å². The molecule has 1 saturated heterocycles. The normalized spacial score (nSPS) is 21.6. The van der Waals surface area contributed by atoms with Gasteiger partial charge in [-0.2, -0.15) is 0 Å². The molecule has 0 aliphatic carbocycles. The fourth-order valence-corrected chi connectivity index (χ4v) is 8.53. The average Bonchev–Trinajstić information content (AvgIpc) is 3.32. The highest BCUT2D eigenvalue weighted by molar-refractivity contribution is 6.58. The van der Waals surface area contributed by atoms with E-state index in [9.17, 15) is 14.7 Å². The van der Waals surface area contributed by atoms with E-state index in [0.29, 0.717) is 11.5 Å². The first-order valence-corrected chi connectivity index (χ1v) is 18.6. The minimum Gasteiger partial charge on any atom is -0.497 e. The molecule has 4 aromatic rings. The molecule has 0 spiro atoms. The Morgan fingerprint density at radius 3 is 1.85 bits per heavy atom. The van der Waals surface area contributed by atoms with Crippen molar-refractivity contribution in [3.05, 3.63) is 129 Å². The van der Waals surface area contributed by atoms with Crippen molar-refractivity contribution in [3.63, 3.8) is 0 Å². The van der Waals surface area contributed by atoms with Gasteiger partial charge in [-0.25, -0.2) is 4.79 Å². The van der Waals surface area contributed by atoms with Gasteiger partial charge in [0.1, 0.15) is 35.4 Å². The Morgan fingerprint density at radius 1 is 0.851 bits per heavy atom. The number of hydrogen-bond donors (Lipinski definition) is 2. The molecule has 0 saturated carbocycles. The lowest BCUT2D eigenvalue weighted by Gasteiger charge is -2.41. The summed E-state index contributed by atoms with van der Waals surface area (Å²) in [6, 6.07) is 26.5. The van der Waals surface area contributed by atoms with Gasteiger partial charge in [0.2, 0.25) is 0 Å². The molecule has 0 bridgehead atoms. The van der Waals surface area contributed by atoms with Crippen LogP contribution in [0.1, 0.15) is 37.5 Å². The molecule has 47 heavy (non-hydrogen) atoms. The number of aliphatic hydroxyl groups excluding tert-OH is 1. The first-order chi connectivity index (χ1) is 22.4. The summed E-state index contributed by atoms with van der Waals surface area (Å²) in [6.45, 7) is 9.64. The van der Waals surface area contributed by atoms with Crippen LogP contribution in [0.15, 0.2) is 101 Å². The van der Waals surface area contributed by atoms with Crippen molar-refractivity contribution in [1.29, 1.82) is 0 Å². The van der Waals surface area contributed by atoms with Crippen LogP contribution in [0.4, 0.5) is 0 Å². The third-order valence-electron chi connectivity index (χ3n) is 8.58. The van der Waals surface area contributed by atoms with Crippen LogP contribution in [-0.4, -0.2) is 68.2 Å². The Hall–Kier alpha value is -4.00. The van der Waals surface area contributed by atoms with Crippen molar-refractivity contribution in [1.82, 2.24) is 9.55 Å². The van der Waals surface area contributed by atoms with Gasteiger partial charge in [0.15, 0.2) is 5.35 Å². The molecule has 0 radical (unpaired) electrons. The van der Waals surface area contributed by atoms with Crippen molar-refractivity contribution in [2.24, 2.45) is 0 Å². The summed E-state index contributed by atoms with van der Waals surface area (Å²) in [5.74, 6) is 1.39. The molecule has 1 fully saturated rings. The van der Waals surface area contributed by atoms with Gasteiger partial charge in [0, 0.05) is 12.3 Å². The van der Waals surface area contributed by atoms with Crippen LogP contribution in [-0.2, 0) is 25.2 Å². The standard InChI is InChI=1S/C36H44N2O8Si/c1-34(2,3)46-32-31(40)29(45-36(32,47(6)7)38-22-21-30(39)37-33(38)41)23-44-35(24-11-9-8-10-12-24,25-13-17-27(42-4)18-14-25)26-15-19-28(43-5)20-16-26/h8-22,29,31-32,40,47H,23H2,1-7H3,(H,37,39,41)/t29-,31-,32-,36+/m1/s1. The molecule has 3 aromatic carbocycles. The molecule has 5 rings (SSSR count). The largest absolute Gasteiger partial charge is 0.497 e. The van der Waals surface area contributed by atoms with Crippen LogP contribution < -0.4 is 20.7 Å². The Morgan fingerprint density at radius 2 is 1.38 bits per heavy atom. The lowest BCUT2D eigenvalue weighted by molar-refractivity contribution is -0.156. The number of H-pyrrole nitrogens is 1. The van der Waals surface area contributed by atoms with E-state index < -0.39 is 54.9 Å². The zero-order chi connectivity index (χ0) is 34.0. The van der Waals surface area contributed by atoms with Gasteiger partial charge < -0.3 is 28.8 Å². The SMILES string of the molecule is COc1ccc(C(OC[C@H]2O[C@](n3ccc(=O)[nH]c3=O)([SiH](C)C)[C@H](OC(C)(C)C)[C@@H]2O)(c2ccccc2)c2ccc(OC)cc2)cc1. The molecule has 250 valence electrons. The van der Waals surface area contributed by atoms with E-state index in [0.717, 1.165) is 16.7 Å². The molecular formula is C36H44N2O8Si. The molecule has 1 aromatic heterocycles. The molecule has 2 N–H and O–H groups in total. The summed E-state index contributed by atoms with van der Waals surface area (Å²) < 4.78 is 32.7. The Labute approximate surface area is 276 Å². The maximum Gasteiger partial charge on any atom is 0.330 e. The first-order valence-electron chi connectivity index (χ1n) is 15.7. The Balaban J connectivity index is 1.65. The second-order valence-electron chi connectivity index (χ2n) is 13.0. The first kappa shape index (κ1) is 34.3. The van der Waals surface area contributed by atoms with Gasteiger partial charge in [-0.05, 0) is 61.7 Å². The lowest BCUT2D eigenvalue weighted by Crippen LogP contribution is -2.60. The third kappa shape index (κ3) is 6.59. The van der Waals surface area contributed by atoms with Crippen molar-refractivity contribution in [2.75, 3.05) is 20.8 Å². The number of nitrogens with zero attached hydrogens (tertiary/aromatic N) is 1. The number of benzene rings is 3. The number of methoxy groups -OCH3 is 2. The third-order valence-corrected chi connectivity index (χ3v) is 11.0. The zero-order valence-corrected chi connectivity index (χ0v) is 29.1. The van der Waals surface area contributed by atoms with E-state index in [-0.39, 0.29) is 6.61 Å². The zero-order valence-electron chi connectivity index (χ0n) is 27.9. The average molecular weight is 661 g/mol. The molecule has 2 heterocycles. The number of aromatic amines is 1. The van der Waals surface area contributed by atoms with Crippen LogP contribution in [0.5, 0.6) is 11.5 Å². The summed E-state index contributed by atoms with van der Waals surface area (Å²) in [5.41, 5.74) is -0.497. The van der Waals surface area contributed by atoms with Crippen molar-refractivity contribution < 1.29 is 28.8 Å². The van der Waals surface area contributed by atoms with Gasteiger partial charge in [-0.15, -0.1) is 0 Å². The van der Waals surface area contributed by atoms with Crippen LogP contribution in [0.25, 0.3) is 0 Å². The highest BCUT2D eigenvalue weighted by atomic mass is 28.3. The molecular weight excluding hydrogens is 616 g/mol. The number of aliphatic hydroxyl groups is 1. The van der Waals surface area contributed by atoms with E-state index in [1.807, 2.05) is 113 Å². The maximum absolute atomic E-state index is 13.3. The number of aromatic nitrogens is 2. The van der Waals surface area contributed by atoms with E-state index in [1.165, 1.54) is 16.8 Å². The minimum absolute atomic E-state index is 0.0703. The summed E-state index contributed by atoms with van der Waals surface area (Å²) in [4.78, 5) is 27.7. The quantitative estimate of drug-likeness (QED) is 0.182. The smallest absolute Gasteiger partial charge is 0.330 e. The molecule has 0 amide bonds. The summed E-state index contributed by atoms with van der Waals surface area (Å²) in [5, 5.41) is 10.7. The molecule has 1 aliphatic heterocycles. The van der Waals surface area contributed by atoms with Gasteiger partial charge >= 0.3 is 5.69 Å². The Kier molecular flexibility index (Phi) is 9.95. The number of rotatable bonds is 11.